The van der Waals surface area contributed by atoms with Gasteiger partial charge in [-0.2, -0.15) is 15.1 Å². The number of fused-ring (bicyclic) bond motifs is 1. The number of nitrogens with zero attached hydrogens (tertiary/aromatic N) is 3. The fourth-order valence-electron chi connectivity index (χ4n) is 2.57. The Morgan fingerprint density at radius 3 is 2.83 bits per heavy atom. The van der Waals surface area contributed by atoms with Crippen LogP contribution in [0.5, 0.6) is 5.75 Å². The van der Waals surface area contributed by atoms with Crippen molar-refractivity contribution in [2.45, 2.75) is 0 Å². The summed E-state index contributed by atoms with van der Waals surface area (Å²) >= 11 is 7.33. The Hall–Kier alpha value is -3.30. The molecule has 29 heavy (non-hydrogen) atoms. The topological polar surface area (TPSA) is 95.2 Å². The molecule has 0 atom stereocenters. The Balaban J connectivity index is 1.58. The third kappa shape index (κ3) is 3.69. The quantitative estimate of drug-likeness (QED) is 0.453. The molecular weight excluding hydrogens is 419 g/mol. The highest BCUT2D eigenvalue weighted by Gasteiger charge is 2.32. The van der Waals surface area contributed by atoms with Crippen molar-refractivity contribution in [3.8, 4) is 5.75 Å². The molecule has 0 saturated heterocycles. The van der Waals surface area contributed by atoms with Crippen LogP contribution in [0.15, 0.2) is 58.1 Å². The predicted molar refractivity (Wildman–Crippen MR) is 109 cm³/mol. The lowest BCUT2D eigenvalue weighted by molar-refractivity contribution is -0.114. The molecule has 2 aliphatic rings. The van der Waals surface area contributed by atoms with E-state index in [4.69, 9.17) is 21.7 Å². The first kappa shape index (κ1) is 19.0. The van der Waals surface area contributed by atoms with Crippen LogP contribution in [0.4, 0.5) is 4.39 Å². The van der Waals surface area contributed by atoms with Gasteiger partial charge in [-0.15, -0.1) is 0 Å². The Bertz CT molecular complexity index is 1160. The zero-order valence-corrected chi connectivity index (χ0v) is 16.0. The molecule has 0 unspecified atom stereocenters. The minimum absolute atomic E-state index is 0.0352. The number of aliphatic imine (C=N–C) groups is 1. The summed E-state index contributed by atoms with van der Waals surface area (Å²) in [6, 6.07) is 9.86. The van der Waals surface area contributed by atoms with Crippen molar-refractivity contribution in [3.05, 3.63) is 70.0 Å². The van der Waals surface area contributed by atoms with Gasteiger partial charge in [0, 0.05) is 0 Å². The molecule has 0 spiro atoms. The first-order chi connectivity index (χ1) is 13.9. The molecule has 0 fully saturated rings. The number of esters is 1. The van der Waals surface area contributed by atoms with Crippen LogP contribution in [0, 0.1) is 11.2 Å². The van der Waals surface area contributed by atoms with E-state index in [1.807, 2.05) is 0 Å². The molecule has 4 rings (SSSR count). The summed E-state index contributed by atoms with van der Waals surface area (Å²) in [6.45, 7) is 0. The van der Waals surface area contributed by atoms with Gasteiger partial charge in [0.1, 0.15) is 11.6 Å². The Kier molecular flexibility index (Phi) is 4.99. The summed E-state index contributed by atoms with van der Waals surface area (Å²) in [5, 5.41) is 13.8. The van der Waals surface area contributed by atoms with Crippen LogP contribution in [0.2, 0.25) is 5.02 Å². The molecule has 2 aromatic carbocycles. The lowest BCUT2D eigenvalue weighted by Gasteiger charge is -2.20. The standard InChI is InChI=1S/C19H10ClFN4O3S/c20-13-8-10(7-12-16(22)25-19(24-17(12)26)29-9-23-25)5-6-15(13)28-18(27)11-3-1-2-4-14(11)21/h1-9,22H/b12-7+,22-16?. The highest BCUT2D eigenvalue weighted by molar-refractivity contribution is 8.25. The van der Waals surface area contributed by atoms with E-state index in [9.17, 15) is 14.0 Å². The van der Waals surface area contributed by atoms with Crippen LogP contribution < -0.4 is 4.74 Å². The maximum absolute atomic E-state index is 13.7. The highest BCUT2D eigenvalue weighted by atomic mass is 35.5. The van der Waals surface area contributed by atoms with Gasteiger partial charge < -0.3 is 4.74 Å². The summed E-state index contributed by atoms with van der Waals surface area (Å²) in [5.41, 5.74) is 1.80. The first-order valence-corrected chi connectivity index (χ1v) is 9.39. The lowest BCUT2D eigenvalue weighted by atomic mass is 10.1. The van der Waals surface area contributed by atoms with Crippen LogP contribution in [-0.4, -0.2) is 33.4 Å². The van der Waals surface area contributed by atoms with E-state index in [1.54, 1.807) is 6.07 Å². The number of amidine groups is 2. The number of halogens is 2. The molecule has 0 saturated carbocycles. The maximum Gasteiger partial charge on any atom is 0.346 e. The van der Waals surface area contributed by atoms with E-state index in [-0.39, 0.29) is 27.7 Å². The summed E-state index contributed by atoms with van der Waals surface area (Å²) in [4.78, 5) is 28.2. The van der Waals surface area contributed by atoms with Gasteiger partial charge in [-0.3, -0.25) is 10.2 Å². The van der Waals surface area contributed by atoms with Crippen molar-refractivity contribution in [2.75, 3.05) is 0 Å². The first-order valence-electron chi connectivity index (χ1n) is 8.13. The van der Waals surface area contributed by atoms with E-state index in [0.29, 0.717) is 10.7 Å². The Morgan fingerprint density at radius 1 is 1.28 bits per heavy atom. The molecule has 144 valence electrons. The van der Waals surface area contributed by atoms with Crippen LogP contribution in [0.3, 0.4) is 0 Å². The summed E-state index contributed by atoms with van der Waals surface area (Å²) in [7, 11) is 0. The van der Waals surface area contributed by atoms with Gasteiger partial charge in [-0.25, -0.2) is 9.18 Å². The molecule has 1 N–H and O–H groups in total. The summed E-state index contributed by atoms with van der Waals surface area (Å²) < 4.78 is 18.9. The molecule has 0 aromatic heterocycles. The van der Waals surface area contributed by atoms with Crippen molar-refractivity contribution in [2.24, 2.45) is 10.1 Å². The fraction of sp³-hybridized carbons (Fsp3) is 0. The third-order valence-corrected chi connectivity index (χ3v) is 4.93. The van der Waals surface area contributed by atoms with Gasteiger partial charge in [-0.1, -0.05) is 29.8 Å². The number of nitrogens with one attached hydrogen (secondary N) is 1. The number of ether oxygens (including phenoxy) is 1. The molecule has 0 radical (unpaired) electrons. The second-order valence-corrected chi connectivity index (χ2v) is 7.03. The van der Waals surface area contributed by atoms with Crippen molar-refractivity contribution in [1.29, 1.82) is 5.41 Å². The minimum atomic E-state index is -0.883. The SMILES string of the molecule is N=C1/C(=C\c2ccc(OC(=O)c3ccccc3F)c(Cl)c2)C(=O)N=C2SC=NN12. The number of hydrogen-bond donors (Lipinski definition) is 1. The number of hydrazone groups is 1. The minimum Gasteiger partial charge on any atom is -0.421 e. The largest absolute Gasteiger partial charge is 0.421 e. The van der Waals surface area contributed by atoms with E-state index >= 15 is 0 Å². The van der Waals surface area contributed by atoms with Crippen LogP contribution >= 0.6 is 23.4 Å². The van der Waals surface area contributed by atoms with E-state index in [0.717, 1.165) is 17.8 Å². The summed E-state index contributed by atoms with van der Waals surface area (Å²) in [5.74, 6) is -2.22. The van der Waals surface area contributed by atoms with Gasteiger partial charge in [0.15, 0.2) is 11.0 Å². The van der Waals surface area contributed by atoms with Crippen LogP contribution in [0.25, 0.3) is 6.08 Å². The van der Waals surface area contributed by atoms with Gasteiger partial charge in [0.25, 0.3) is 5.91 Å². The molecule has 2 heterocycles. The highest BCUT2D eigenvalue weighted by Crippen LogP contribution is 2.29. The van der Waals surface area contributed by atoms with Gasteiger partial charge in [0.05, 0.1) is 21.7 Å². The number of rotatable bonds is 3. The summed E-state index contributed by atoms with van der Waals surface area (Å²) in [6.07, 6.45) is 1.44. The number of thioether (sulfide) groups is 1. The molecule has 0 bridgehead atoms. The monoisotopic (exact) mass is 428 g/mol. The normalized spacial score (nSPS) is 16.8. The van der Waals surface area contributed by atoms with Gasteiger partial charge in [-0.05, 0) is 47.7 Å². The Morgan fingerprint density at radius 2 is 2.07 bits per heavy atom. The molecule has 2 aromatic rings. The van der Waals surface area contributed by atoms with Crippen molar-refractivity contribution in [1.82, 2.24) is 5.01 Å². The average molecular weight is 429 g/mol. The number of carbonyl (C=O) groups excluding carboxylic acids is 2. The number of hydrogen-bond acceptors (Lipinski definition) is 6. The molecule has 0 aliphatic carbocycles. The molecular formula is C19H10ClFN4O3S. The number of carbonyl (C=O) groups is 2. The second kappa shape index (κ2) is 7.61. The molecule has 1 amide bonds. The zero-order chi connectivity index (χ0) is 20.5. The Labute approximate surface area is 173 Å². The zero-order valence-electron chi connectivity index (χ0n) is 14.4. The van der Waals surface area contributed by atoms with Gasteiger partial charge in [0.2, 0.25) is 0 Å². The fourth-order valence-corrected chi connectivity index (χ4v) is 3.41. The smallest absolute Gasteiger partial charge is 0.346 e. The number of benzene rings is 2. The molecule has 7 nitrogen and oxygen atoms in total. The maximum atomic E-state index is 13.7. The van der Waals surface area contributed by atoms with E-state index < -0.39 is 17.7 Å². The third-order valence-electron chi connectivity index (χ3n) is 3.96. The van der Waals surface area contributed by atoms with Gasteiger partial charge >= 0.3 is 5.97 Å². The predicted octanol–water partition coefficient (Wildman–Crippen LogP) is 3.95. The van der Waals surface area contributed by atoms with E-state index in [1.165, 1.54) is 47.0 Å². The average Bonchev–Trinajstić information content (AvgIpc) is 3.16. The van der Waals surface area contributed by atoms with Crippen LogP contribution in [0.1, 0.15) is 15.9 Å². The molecule has 2 aliphatic heterocycles. The van der Waals surface area contributed by atoms with Crippen molar-refractivity contribution >= 4 is 57.9 Å². The lowest BCUT2D eigenvalue weighted by Crippen LogP contribution is -2.35. The van der Waals surface area contributed by atoms with Crippen molar-refractivity contribution < 1.29 is 18.7 Å². The molecule has 10 heteroatoms. The van der Waals surface area contributed by atoms with E-state index in [2.05, 4.69) is 10.1 Å². The number of amides is 1. The second-order valence-electron chi connectivity index (χ2n) is 5.82. The van der Waals surface area contributed by atoms with Crippen LogP contribution in [-0.2, 0) is 4.79 Å². The van der Waals surface area contributed by atoms with Crippen molar-refractivity contribution in [3.63, 3.8) is 0 Å².